The number of amides is 1. The molecule has 0 radical (unpaired) electrons. The lowest BCUT2D eigenvalue weighted by atomic mass is 9.96. The smallest absolute Gasteiger partial charge is 0.237 e. The number of hydrogen-bond donors (Lipinski definition) is 5. The van der Waals surface area contributed by atoms with Crippen LogP contribution in [-0.2, 0) is 9.59 Å². The molecule has 21 heavy (non-hydrogen) atoms. The first-order valence-corrected chi connectivity index (χ1v) is 7.43. The molecule has 0 saturated heterocycles. The van der Waals surface area contributed by atoms with Crippen LogP contribution >= 0.6 is 0 Å². The number of nitrogens with two attached hydrogens (primary N) is 2. The van der Waals surface area contributed by atoms with E-state index in [-0.39, 0.29) is 23.5 Å². The minimum atomic E-state index is -1.08. The fraction of sp³-hybridized carbons (Fsp3) is 0.857. The number of hydrogen-bond acceptors (Lipinski definition) is 6. The number of aliphatic hydroxyl groups excluding tert-OH is 1. The van der Waals surface area contributed by atoms with Crippen molar-refractivity contribution in [3.05, 3.63) is 0 Å². The SMILES string of the molecule is CC(C)C(=O)C(CCCNC(N)O)NC(=O)C(N)C(C)C. The molecule has 0 rings (SSSR count). The van der Waals surface area contributed by atoms with Gasteiger partial charge in [-0.2, -0.15) is 0 Å². The van der Waals surface area contributed by atoms with Gasteiger partial charge in [0.25, 0.3) is 0 Å². The van der Waals surface area contributed by atoms with Gasteiger partial charge in [0, 0.05) is 5.92 Å². The Morgan fingerprint density at radius 1 is 1.14 bits per heavy atom. The highest BCUT2D eigenvalue weighted by Crippen LogP contribution is 2.07. The predicted octanol–water partition coefficient (Wildman–Crippen LogP) is -0.716. The van der Waals surface area contributed by atoms with Crippen LogP contribution in [-0.4, -0.2) is 41.8 Å². The Labute approximate surface area is 126 Å². The third kappa shape index (κ3) is 8.11. The zero-order chi connectivity index (χ0) is 16.6. The fourth-order valence-electron chi connectivity index (χ4n) is 1.81. The summed E-state index contributed by atoms with van der Waals surface area (Å²) in [5, 5.41) is 14.3. The molecule has 1 amide bonds. The molecule has 0 aliphatic heterocycles. The average molecular weight is 302 g/mol. The minimum Gasteiger partial charge on any atom is -0.366 e. The van der Waals surface area contributed by atoms with E-state index >= 15 is 0 Å². The second kappa shape index (κ2) is 9.83. The molecular weight excluding hydrogens is 272 g/mol. The summed E-state index contributed by atoms with van der Waals surface area (Å²) in [5.74, 6) is -0.490. The largest absolute Gasteiger partial charge is 0.366 e. The van der Waals surface area contributed by atoms with Gasteiger partial charge in [0.2, 0.25) is 5.91 Å². The number of ketones is 1. The van der Waals surface area contributed by atoms with Gasteiger partial charge in [0.05, 0.1) is 12.1 Å². The van der Waals surface area contributed by atoms with E-state index in [4.69, 9.17) is 16.6 Å². The first-order valence-electron chi connectivity index (χ1n) is 7.43. The van der Waals surface area contributed by atoms with Crippen LogP contribution < -0.4 is 22.1 Å². The summed E-state index contributed by atoms with van der Waals surface area (Å²) in [6.07, 6.45) is 0.00945. The highest BCUT2D eigenvalue weighted by molar-refractivity contribution is 5.91. The summed E-state index contributed by atoms with van der Waals surface area (Å²) in [5.41, 5.74) is 11.0. The van der Waals surface area contributed by atoms with E-state index in [1.54, 1.807) is 13.8 Å². The quantitative estimate of drug-likeness (QED) is 0.267. The van der Waals surface area contributed by atoms with E-state index in [1.807, 2.05) is 13.8 Å². The van der Waals surface area contributed by atoms with E-state index in [0.717, 1.165) is 0 Å². The summed E-state index contributed by atoms with van der Waals surface area (Å²) >= 11 is 0. The van der Waals surface area contributed by atoms with Gasteiger partial charge in [-0.15, -0.1) is 0 Å². The van der Waals surface area contributed by atoms with Crippen molar-refractivity contribution in [3.8, 4) is 0 Å². The molecule has 0 aromatic carbocycles. The first-order chi connectivity index (χ1) is 9.66. The topological polar surface area (TPSA) is 130 Å². The van der Waals surface area contributed by atoms with Crippen LogP contribution in [0.15, 0.2) is 0 Å². The molecule has 124 valence electrons. The van der Waals surface area contributed by atoms with Crippen LogP contribution in [0.5, 0.6) is 0 Å². The van der Waals surface area contributed by atoms with Gasteiger partial charge in [-0.05, 0) is 25.3 Å². The van der Waals surface area contributed by atoms with Gasteiger partial charge >= 0.3 is 0 Å². The molecule has 3 unspecified atom stereocenters. The standard InChI is InChI=1S/C14H30N4O3/c1-8(2)11(15)13(20)18-10(12(19)9(3)4)6-5-7-17-14(16)21/h8-11,14,17,21H,5-7,15-16H2,1-4H3,(H,18,20). The zero-order valence-electron chi connectivity index (χ0n) is 13.4. The Morgan fingerprint density at radius 2 is 1.71 bits per heavy atom. The number of aliphatic hydroxyl groups is 1. The number of rotatable bonds is 10. The van der Waals surface area contributed by atoms with E-state index in [0.29, 0.717) is 19.4 Å². The summed E-state index contributed by atoms with van der Waals surface area (Å²) in [7, 11) is 0. The molecule has 7 heteroatoms. The molecule has 0 aromatic rings. The summed E-state index contributed by atoms with van der Waals surface area (Å²) in [6.45, 7) is 7.77. The maximum absolute atomic E-state index is 12.1. The second-order valence-electron chi connectivity index (χ2n) is 5.93. The van der Waals surface area contributed by atoms with Crippen LogP contribution in [0.1, 0.15) is 40.5 Å². The molecule has 0 aliphatic carbocycles. The highest BCUT2D eigenvalue weighted by Gasteiger charge is 2.26. The van der Waals surface area contributed by atoms with Gasteiger partial charge in [0.1, 0.15) is 0 Å². The zero-order valence-corrected chi connectivity index (χ0v) is 13.4. The average Bonchev–Trinajstić information content (AvgIpc) is 2.39. The van der Waals surface area contributed by atoms with Gasteiger partial charge < -0.3 is 16.2 Å². The van der Waals surface area contributed by atoms with Crippen LogP contribution in [0.25, 0.3) is 0 Å². The van der Waals surface area contributed by atoms with Crippen LogP contribution in [0, 0.1) is 11.8 Å². The van der Waals surface area contributed by atoms with Gasteiger partial charge in [0.15, 0.2) is 12.1 Å². The highest BCUT2D eigenvalue weighted by atomic mass is 16.3. The minimum absolute atomic E-state index is 0.00820. The molecule has 0 fully saturated rings. The lowest BCUT2D eigenvalue weighted by molar-refractivity contribution is -0.130. The molecule has 0 aromatic heterocycles. The van der Waals surface area contributed by atoms with E-state index < -0.39 is 18.4 Å². The van der Waals surface area contributed by atoms with Crippen molar-refractivity contribution < 1.29 is 14.7 Å². The molecule has 0 saturated carbocycles. The van der Waals surface area contributed by atoms with Crippen LogP contribution in [0.2, 0.25) is 0 Å². The van der Waals surface area contributed by atoms with E-state index in [2.05, 4.69) is 10.6 Å². The Hall–Kier alpha value is -1.02. The molecule has 0 heterocycles. The first kappa shape index (κ1) is 20.0. The maximum Gasteiger partial charge on any atom is 0.237 e. The van der Waals surface area contributed by atoms with Crippen molar-refractivity contribution >= 4 is 11.7 Å². The summed E-state index contributed by atoms with van der Waals surface area (Å²) < 4.78 is 0. The van der Waals surface area contributed by atoms with Crippen molar-refractivity contribution in [2.45, 2.75) is 59.0 Å². The summed E-state index contributed by atoms with van der Waals surface area (Å²) in [6, 6.07) is -1.18. The van der Waals surface area contributed by atoms with Crippen LogP contribution in [0.3, 0.4) is 0 Å². The Bertz CT molecular complexity index is 332. The molecule has 0 bridgehead atoms. The van der Waals surface area contributed by atoms with Crippen molar-refractivity contribution in [3.63, 3.8) is 0 Å². The maximum atomic E-state index is 12.1. The van der Waals surface area contributed by atoms with Gasteiger partial charge in [-0.25, -0.2) is 0 Å². The second-order valence-corrected chi connectivity index (χ2v) is 5.93. The molecule has 7 nitrogen and oxygen atoms in total. The van der Waals surface area contributed by atoms with Crippen molar-refractivity contribution in [1.82, 2.24) is 10.6 Å². The van der Waals surface area contributed by atoms with Crippen molar-refractivity contribution in [1.29, 1.82) is 0 Å². The molecular formula is C14H30N4O3. The molecule has 0 aliphatic rings. The van der Waals surface area contributed by atoms with Gasteiger partial charge in [-0.1, -0.05) is 27.7 Å². The lowest BCUT2D eigenvalue weighted by Crippen LogP contribution is -2.51. The molecule has 0 spiro atoms. The third-order valence-corrected chi connectivity index (χ3v) is 3.27. The predicted molar refractivity (Wildman–Crippen MR) is 82.0 cm³/mol. The number of carbonyl (C=O) groups excluding carboxylic acids is 2. The van der Waals surface area contributed by atoms with E-state index in [9.17, 15) is 9.59 Å². The summed E-state index contributed by atoms with van der Waals surface area (Å²) in [4.78, 5) is 24.1. The van der Waals surface area contributed by atoms with Gasteiger partial charge in [-0.3, -0.25) is 20.6 Å². The lowest BCUT2D eigenvalue weighted by Gasteiger charge is -2.23. The normalized spacial score (nSPS) is 15.9. The Balaban J connectivity index is 4.53. The number of Topliss-reactive ketones (excluding diaryl/α,β-unsaturated/α-hetero) is 1. The van der Waals surface area contributed by atoms with Crippen LogP contribution in [0.4, 0.5) is 0 Å². The fourth-order valence-corrected chi connectivity index (χ4v) is 1.81. The van der Waals surface area contributed by atoms with Crippen molar-refractivity contribution in [2.24, 2.45) is 23.3 Å². The third-order valence-electron chi connectivity index (χ3n) is 3.27. The number of carbonyl (C=O) groups is 2. The number of nitrogens with one attached hydrogen (secondary N) is 2. The Morgan fingerprint density at radius 3 is 2.14 bits per heavy atom. The van der Waals surface area contributed by atoms with E-state index in [1.165, 1.54) is 0 Å². The Kier molecular flexibility index (Phi) is 9.36. The molecule has 7 N–H and O–H groups in total. The monoisotopic (exact) mass is 302 g/mol. The molecule has 3 atom stereocenters. The van der Waals surface area contributed by atoms with Crippen molar-refractivity contribution in [2.75, 3.05) is 6.54 Å².